The molecule has 0 aromatic heterocycles. The van der Waals surface area contributed by atoms with Gasteiger partial charge >= 0.3 is 0 Å². The van der Waals surface area contributed by atoms with Crippen molar-refractivity contribution in [2.75, 3.05) is 10.0 Å². The number of rotatable bonds is 6. The van der Waals surface area contributed by atoms with E-state index in [1.165, 1.54) is 6.07 Å². The number of aryl methyl sites for hydroxylation is 3. The van der Waals surface area contributed by atoms with Crippen LogP contribution in [0.1, 0.15) is 32.6 Å². The second kappa shape index (κ2) is 9.02. The van der Waals surface area contributed by atoms with Crippen molar-refractivity contribution < 1.29 is 13.2 Å². The molecule has 7 heteroatoms. The molecule has 31 heavy (non-hydrogen) atoms. The highest BCUT2D eigenvalue weighted by atomic mass is 32.2. The summed E-state index contributed by atoms with van der Waals surface area (Å²) in [6, 6.07) is 18.9. The third-order valence-corrected chi connectivity index (χ3v) is 6.52. The normalized spacial score (nSPS) is 10.9. The van der Waals surface area contributed by atoms with Crippen molar-refractivity contribution in [2.24, 2.45) is 0 Å². The van der Waals surface area contributed by atoms with E-state index >= 15 is 0 Å². The van der Waals surface area contributed by atoms with Crippen LogP contribution in [0.5, 0.6) is 0 Å². The summed E-state index contributed by atoms with van der Waals surface area (Å²) in [6.07, 6.45) is 0.293. The Balaban J connectivity index is 1.83. The Morgan fingerprint density at radius 3 is 2.16 bits per heavy atom. The Labute approximate surface area is 182 Å². The van der Waals surface area contributed by atoms with Crippen LogP contribution in [-0.4, -0.2) is 14.3 Å². The number of nitrogens with zero attached hydrogens (tertiary/aromatic N) is 1. The summed E-state index contributed by atoms with van der Waals surface area (Å²) in [7, 11) is -3.88. The lowest BCUT2D eigenvalue weighted by atomic mass is 10.1. The van der Waals surface area contributed by atoms with Crippen LogP contribution < -0.4 is 10.0 Å². The highest BCUT2D eigenvalue weighted by molar-refractivity contribution is 7.92. The monoisotopic (exact) mass is 433 g/mol. The number of hydrogen-bond donors (Lipinski definition) is 2. The predicted molar refractivity (Wildman–Crippen MR) is 122 cm³/mol. The molecule has 0 aliphatic carbocycles. The maximum absolute atomic E-state index is 13.0. The topological polar surface area (TPSA) is 99.1 Å². The lowest BCUT2D eigenvalue weighted by Crippen LogP contribution is -2.17. The number of hydrogen-bond acceptors (Lipinski definition) is 4. The van der Waals surface area contributed by atoms with Gasteiger partial charge in [-0.15, -0.1) is 0 Å². The summed E-state index contributed by atoms with van der Waals surface area (Å²) in [5.41, 5.74) is 4.69. The van der Waals surface area contributed by atoms with Crippen LogP contribution in [0.25, 0.3) is 0 Å². The van der Waals surface area contributed by atoms with Crippen LogP contribution in [0, 0.1) is 32.1 Å². The third kappa shape index (κ3) is 5.30. The maximum atomic E-state index is 13.0. The summed E-state index contributed by atoms with van der Waals surface area (Å²) in [5.74, 6) is -0.421. The van der Waals surface area contributed by atoms with E-state index in [1.807, 2.05) is 19.9 Å². The number of benzene rings is 3. The van der Waals surface area contributed by atoms with Crippen LogP contribution >= 0.6 is 0 Å². The van der Waals surface area contributed by atoms with Crippen LogP contribution in [0.4, 0.5) is 11.4 Å². The minimum atomic E-state index is -3.88. The van der Waals surface area contributed by atoms with Crippen LogP contribution in [0.2, 0.25) is 0 Å². The summed E-state index contributed by atoms with van der Waals surface area (Å²) in [6.45, 7) is 5.55. The van der Waals surface area contributed by atoms with Crippen LogP contribution in [0.15, 0.2) is 65.6 Å². The van der Waals surface area contributed by atoms with Gasteiger partial charge in [-0.05, 0) is 79.4 Å². The average molecular weight is 434 g/mol. The van der Waals surface area contributed by atoms with Crippen molar-refractivity contribution in [3.05, 3.63) is 88.5 Å². The van der Waals surface area contributed by atoms with Gasteiger partial charge in [0.2, 0.25) is 0 Å². The zero-order valence-corrected chi connectivity index (χ0v) is 18.4. The zero-order valence-electron chi connectivity index (χ0n) is 17.6. The van der Waals surface area contributed by atoms with Gasteiger partial charge in [-0.1, -0.05) is 24.3 Å². The first kappa shape index (κ1) is 22.1. The fourth-order valence-corrected chi connectivity index (χ4v) is 4.37. The third-order valence-electron chi connectivity index (χ3n) is 4.99. The molecule has 0 atom stereocenters. The summed E-state index contributed by atoms with van der Waals surface area (Å²) < 4.78 is 28.6. The van der Waals surface area contributed by atoms with Crippen molar-refractivity contribution in [1.29, 1.82) is 5.26 Å². The van der Waals surface area contributed by atoms with E-state index < -0.39 is 15.9 Å². The number of carbonyl (C=O) groups is 1. The molecule has 0 saturated heterocycles. The lowest BCUT2D eigenvalue weighted by Gasteiger charge is -2.13. The first-order valence-electron chi connectivity index (χ1n) is 9.67. The van der Waals surface area contributed by atoms with Crippen molar-refractivity contribution in [3.63, 3.8) is 0 Å². The van der Waals surface area contributed by atoms with E-state index in [-0.39, 0.29) is 10.5 Å². The SMILES string of the molecule is Cc1ccc(NS(=O)(=O)c2cc(C(=O)Nc3ccc(CC#N)cc3)ccc2C)cc1C. The minimum Gasteiger partial charge on any atom is -0.322 e. The first-order chi connectivity index (χ1) is 14.7. The molecule has 0 bridgehead atoms. The summed E-state index contributed by atoms with van der Waals surface area (Å²) >= 11 is 0. The van der Waals surface area contributed by atoms with E-state index in [0.717, 1.165) is 16.7 Å². The highest BCUT2D eigenvalue weighted by Crippen LogP contribution is 2.23. The van der Waals surface area contributed by atoms with Gasteiger partial charge in [0.1, 0.15) is 0 Å². The fraction of sp³-hybridized carbons (Fsp3) is 0.167. The lowest BCUT2D eigenvalue weighted by molar-refractivity contribution is 0.102. The summed E-state index contributed by atoms with van der Waals surface area (Å²) in [4.78, 5) is 12.7. The van der Waals surface area contributed by atoms with Gasteiger partial charge in [0, 0.05) is 16.9 Å². The Kier molecular flexibility index (Phi) is 6.42. The Bertz CT molecular complexity index is 1270. The fourth-order valence-electron chi connectivity index (χ4n) is 3.05. The molecule has 3 aromatic carbocycles. The Hall–Kier alpha value is -3.63. The quantitative estimate of drug-likeness (QED) is 0.587. The van der Waals surface area contributed by atoms with Gasteiger partial charge in [0.15, 0.2) is 0 Å². The van der Waals surface area contributed by atoms with Gasteiger partial charge in [-0.3, -0.25) is 9.52 Å². The van der Waals surface area contributed by atoms with E-state index in [4.69, 9.17) is 5.26 Å². The van der Waals surface area contributed by atoms with Gasteiger partial charge in [-0.2, -0.15) is 5.26 Å². The van der Waals surface area contributed by atoms with Crippen LogP contribution in [-0.2, 0) is 16.4 Å². The molecule has 0 radical (unpaired) electrons. The van der Waals surface area contributed by atoms with Gasteiger partial charge in [0.25, 0.3) is 15.9 Å². The van der Waals surface area contributed by atoms with Crippen molar-refractivity contribution in [1.82, 2.24) is 0 Å². The molecule has 0 spiro atoms. The van der Waals surface area contributed by atoms with Crippen molar-refractivity contribution in [3.8, 4) is 6.07 Å². The highest BCUT2D eigenvalue weighted by Gasteiger charge is 2.20. The van der Waals surface area contributed by atoms with E-state index in [2.05, 4.69) is 16.1 Å². The molecule has 158 valence electrons. The smallest absolute Gasteiger partial charge is 0.262 e. The predicted octanol–water partition coefficient (Wildman–Crippen LogP) is 4.73. The number of carbonyl (C=O) groups excluding carboxylic acids is 1. The molecule has 0 fully saturated rings. The molecule has 3 rings (SSSR count). The van der Waals surface area contributed by atoms with Crippen LogP contribution in [0.3, 0.4) is 0 Å². The first-order valence-corrected chi connectivity index (χ1v) is 11.2. The largest absolute Gasteiger partial charge is 0.322 e. The Morgan fingerprint density at radius 1 is 0.871 bits per heavy atom. The van der Waals surface area contributed by atoms with E-state index in [9.17, 15) is 13.2 Å². The number of nitriles is 1. The second-order valence-corrected chi connectivity index (χ2v) is 9.02. The molecule has 2 N–H and O–H groups in total. The number of nitrogens with one attached hydrogen (secondary N) is 2. The van der Waals surface area contributed by atoms with Gasteiger partial charge in [0.05, 0.1) is 17.4 Å². The number of sulfonamides is 1. The van der Waals surface area contributed by atoms with Gasteiger partial charge < -0.3 is 5.32 Å². The minimum absolute atomic E-state index is 0.0442. The molecule has 3 aromatic rings. The number of amides is 1. The molecular weight excluding hydrogens is 410 g/mol. The average Bonchev–Trinajstić information content (AvgIpc) is 2.72. The molecular formula is C24H23N3O3S. The maximum Gasteiger partial charge on any atom is 0.262 e. The molecule has 0 unspecified atom stereocenters. The van der Waals surface area contributed by atoms with Gasteiger partial charge in [-0.25, -0.2) is 8.42 Å². The van der Waals surface area contributed by atoms with Crippen molar-refractivity contribution >= 4 is 27.3 Å². The zero-order chi connectivity index (χ0) is 22.6. The van der Waals surface area contributed by atoms with Crippen molar-refractivity contribution in [2.45, 2.75) is 32.1 Å². The molecule has 0 aliphatic heterocycles. The standard InChI is InChI=1S/C24H23N3O3S/c1-16-5-9-22(14-18(16)3)27-31(29,30)23-15-20(8-4-17(23)2)24(28)26-21-10-6-19(7-11-21)12-13-25/h4-11,14-15,27H,12H2,1-3H3,(H,26,28). The molecule has 0 saturated carbocycles. The Morgan fingerprint density at radius 2 is 1.52 bits per heavy atom. The summed E-state index contributed by atoms with van der Waals surface area (Å²) in [5, 5.41) is 11.5. The molecule has 6 nitrogen and oxygen atoms in total. The molecule has 1 amide bonds. The van der Waals surface area contributed by atoms with E-state index in [0.29, 0.717) is 23.4 Å². The second-order valence-electron chi connectivity index (χ2n) is 7.37. The molecule has 0 heterocycles. The van der Waals surface area contributed by atoms with E-state index in [1.54, 1.807) is 55.5 Å². The number of anilines is 2. The molecule has 0 aliphatic rings.